The lowest BCUT2D eigenvalue weighted by atomic mass is 10.0. The summed E-state index contributed by atoms with van der Waals surface area (Å²) in [5.41, 5.74) is 2.57. The Balaban J connectivity index is 1.77. The van der Waals surface area contributed by atoms with Gasteiger partial charge in [0.15, 0.2) is 0 Å². The fourth-order valence-electron chi connectivity index (χ4n) is 3.27. The van der Waals surface area contributed by atoms with E-state index in [2.05, 4.69) is 53.8 Å². The number of aromatic nitrogens is 1. The maximum Gasteiger partial charge on any atom is 0.244 e. The van der Waals surface area contributed by atoms with Gasteiger partial charge in [-0.2, -0.15) is 0 Å². The molecule has 0 bridgehead atoms. The first-order chi connectivity index (χ1) is 14.2. The van der Waals surface area contributed by atoms with E-state index in [0.717, 1.165) is 25.7 Å². The van der Waals surface area contributed by atoms with E-state index >= 15 is 0 Å². The maximum absolute atomic E-state index is 12.2. The van der Waals surface area contributed by atoms with Crippen molar-refractivity contribution >= 4 is 22.8 Å². The van der Waals surface area contributed by atoms with Crippen molar-refractivity contribution in [3.05, 3.63) is 70.7 Å². The molecule has 0 unspecified atom stereocenters. The van der Waals surface area contributed by atoms with Crippen LogP contribution >= 0.6 is 11.3 Å². The highest BCUT2D eigenvalue weighted by Gasteiger charge is 2.05. The van der Waals surface area contributed by atoms with Crippen LogP contribution in [0.25, 0.3) is 5.57 Å². The van der Waals surface area contributed by atoms with Crippen LogP contribution in [0.1, 0.15) is 69.2 Å². The smallest absolute Gasteiger partial charge is 0.244 e. The van der Waals surface area contributed by atoms with Gasteiger partial charge in [-0.1, -0.05) is 50.5 Å². The molecule has 0 aliphatic rings. The Morgan fingerprint density at radius 1 is 1.21 bits per heavy atom. The summed E-state index contributed by atoms with van der Waals surface area (Å²) in [6, 6.07) is 8.47. The summed E-state index contributed by atoms with van der Waals surface area (Å²) in [6.07, 6.45) is 18.4. The quantitative estimate of drug-likeness (QED) is 0.230. The van der Waals surface area contributed by atoms with Crippen LogP contribution in [0.5, 0.6) is 0 Å². The summed E-state index contributed by atoms with van der Waals surface area (Å²) in [4.78, 5) is 17.7. The molecule has 0 aliphatic carbocycles. The number of carbonyl (C=O) groups excluding carboxylic acids is 1. The van der Waals surface area contributed by atoms with Gasteiger partial charge in [0.05, 0.1) is 0 Å². The van der Waals surface area contributed by atoms with Gasteiger partial charge in [0, 0.05) is 29.4 Å². The topological polar surface area (TPSA) is 42.0 Å². The Kier molecular flexibility index (Phi) is 11.1. The van der Waals surface area contributed by atoms with Crippen molar-refractivity contribution in [1.82, 2.24) is 10.3 Å². The minimum absolute atomic E-state index is 0.0216. The predicted octanol–water partition coefficient (Wildman–Crippen LogP) is 6.58. The molecule has 1 atom stereocenters. The maximum atomic E-state index is 12.2. The van der Waals surface area contributed by atoms with Crippen molar-refractivity contribution in [2.45, 2.75) is 71.3 Å². The molecule has 0 radical (unpaired) electrons. The van der Waals surface area contributed by atoms with E-state index in [1.165, 1.54) is 41.7 Å². The predicted molar refractivity (Wildman–Crippen MR) is 125 cm³/mol. The minimum Gasteiger partial charge on any atom is -0.350 e. The molecule has 156 valence electrons. The number of rotatable bonds is 13. The van der Waals surface area contributed by atoms with Gasteiger partial charge in [0.2, 0.25) is 5.91 Å². The third-order valence-electron chi connectivity index (χ3n) is 4.90. The average Bonchev–Trinajstić information content (AvgIpc) is 3.25. The van der Waals surface area contributed by atoms with Crippen molar-refractivity contribution in [3.8, 4) is 0 Å². The minimum atomic E-state index is -0.0216. The molecule has 0 spiro atoms. The van der Waals surface area contributed by atoms with Crippen molar-refractivity contribution in [1.29, 1.82) is 0 Å². The van der Waals surface area contributed by atoms with E-state index in [9.17, 15) is 4.79 Å². The Hall–Kier alpha value is -2.20. The van der Waals surface area contributed by atoms with E-state index in [1.807, 2.05) is 18.3 Å². The summed E-state index contributed by atoms with van der Waals surface area (Å²) in [5, 5.41) is 5.18. The molecule has 29 heavy (non-hydrogen) atoms. The van der Waals surface area contributed by atoms with Crippen LogP contribution in [0.2, 0.25) is 0 Å². The summed E-state index contributed by atoms with van der Waals surface area (Å²) in [5.74, 6) is -0.0216. The SMILES string of the molecule is CCCCCC/C(=C/C=C/C(=O)N[C@H](C)CCCc1cccnc1)c1cccs1. The highest BCUT2D eigenvalue weighted by Crippen LogP contribution is 2.25. The van der Waals surface area contributed by atoms with Gasteiger partial charge >= 0.3 is 0 Å². The fraction of sp³-hybridized carbons (Fsp3) is 0.440. The molecular formula is C25H34N2OS. The Labute approximate surface area is 180 Å². The molecular weight excluding hydrogens is 376 g/mol. The largest absolute Gasteiger partial charge is 0.350 e. The van der Waals surface area contributed by atoms with Crippen LogP contribution in [0.15, 0.2) is 60.3 Å². The molecule has 1 N–H and O–H groups in total. The Morgan fingerprint density at radius 3 is 2.83 bits per heavy atom. The second-order valence-corrected chi connectivity index (χ2v) is 8.45. The number of carbonyl (C=O) groups is 1. The normalized spacial score (nSPS) is 13.0. The van der Waals surface area contributed by atoms with Crippen molar-refractivity contribution in [3.63, 3.8) is 0 Å². The zero-order valence-corrected chi connectivity index (χ0v) is 18.6. The summed E-state index contributed by atoms with van der Waals surface area (Å²) in [7, 11) is 0. The summed E-state index contributed by atoms with van der Waals surface area (Å²) >= 11 is 1.76. The number of amides is 1. The molecule has 2 heterocycles. The van der Waals surface area contributed by atoms with Gasteiger partial charge in [-0.05, 0) is 67.7 Å². The third-order valence-corrected chi connectivity index (χ3v) is 5.84. The molecule has 3 nitrogen and oxygen atoms in total. The number of unbranched alkanes of at least 4 members (excludes halogenated alkanes) is 3. The molecule has 2 aromatic rings. The van der Waals surface area contributed by atoms with Crippen molar-refractivity contribution in [2.24, 2.45) is 0 Å². The number of nitrogens with zero attached hydrogens (tertiary/aromatic N) is 1. The number of allylic oxidation sites excluding steroid dienone is 3. The number of hydrogen-bond donors (Lipinski definition) is 1. The van der Waals surface area contributed by atoms with Crippen molar-refractivity contribution in [2.75, 3.05) is 0 Å². The first-order valence-corrected chi connectivity index (χ1v) is 11.7. The average molecular weight is 411 g/mol. The van der Waals surface area contributed by atoms with Crippen LogP contribution < -0.4 is 5.32 Å². The summed E-state index contributed by atoms with van der Waals surface area (Å²) in [6.45, 7) is 4.30. The monoisotopic (exact) mass is 410 g/mol. The molecule has 2 rings (SSSR count). The molecule has 2 aromatic heterocycles. The molecule has 0 aliphatic heterocycles. The van der Waals surface area contributed by atoms with Gasteiger partial charge in [0.25, 0.3) is 0 Å². The van der Waals surface area contributed by atoms with Crippen LogP contribution in [0.3, 0.4) is 0 Å². The lowest BCUT2D eigenvalue weighted by Gasteiger charge is -2.12. The van der Waals surface area contributed by atoms with Gasteiger partial charge in [-0.3, -0.25) is 9.78 Å². The molecule has 0 fully saturated rings. The van der Waals surface area contributed by atoms with Crippen LogP contribution in [-0.2, 0) is 11.2 Å². The highest BCUT2D eigenvalue weighted by molar-refractivity contribution is 7.11. The number of hydrogen-bond acceptors (Lipinski definition) is 3. The van der Waals surface area contributed by atoms with Gasteiger partial charge in [-0.15, -0.1) is 11.3 Å². The standard InChI is InChI=1S/C25H34N2OS/c1-3-4-5-6-14-23(24-16-10-19-29-24)15-8-17-25(28)27-21(2)11-7-12-22-13-9-18-26-20-22/h8-10,13,15-21H,3-7,11-12,14H2,1-2H3,(H,27,28)/b17-8+,23-15-/t21-/m1/s1. The van der Waals surface area contributed by atoms with Gasteiger partial charge < -0.3 is 5.32 Å². The van der Waals surface area contributed by atoms with E-state index in [1.54, 1.807) is 23.6 Å². The second kappa shape index (κ2) is 13.9. The third kappa shape index (κ3) is 9.71. The molecule has 0 saturated carbocycles. The lowest BCUT2D eigenvalue weighted by molar-refractivity contribution is -0.117. The second-order valence-electron chi connectivity index (χ2n) is 7.50. The molecule has 0 aromatic carbocycles. The first-order valence-electron chi connectivity index (χ1n) is 10.8. The van der Waals surface area contributed by atoms with Gasteiger partial charge in [-0.25, -0.2) is 0 Å². The molecule has 1 amide bonds. The lowest BCUT2D eigenvalue weighted by Crippen LogP contribution is -2.31. The molecule has 4 heteroatoms. The van der Waals surface area contributed by atoms with E-state index in [0.29, 0.717) is 0 Å². The van der Waals surface area contributed by atoms with Crippen LogP contribution in [0, 0.1) is 0 Å². The highest BCUT2D eigenvalue weighted by atomic mass is 32.1. The fourth-order valence-corrected chi connectivity index (χ4v) is 4.05. The zero-order chi connectivity index (χ0) is 20.7. The van der Waals surface area contributed by atoms with E-state index < -0.39 is 0 Å². The summed E-state index contributed by atoms with van der Waals surface area (Å²) < 4.78 is 0. The Bertz CT molecular complexity index is 750. The van der Waals surface area contributed by atoms with Crippen molar-refractivity contribution < 1.29 is 4.79 Å². The van der Waals surface area contributed by atoms with E-state index in [-0.39, 0.29) is 11.9 Å². The number of nitrogens with one attached hydrogen (secondary N) is 1. The number of aryl methyl sites for hydroxylation is 1. The first kappa shape index (κ1) is 23.1. The number of pyridine rings is 1. The van der Waals surface area contributed by atoms with Gasteiger partial charge in [0.1, 0.15) is 0 Å². The molecule has 0 saturated heterocycles. The van der Waals surface area contributed by atoms with Crippen LogP contribution in [-0.4, -0.2) is 16.9 Å². The van der Waals surface area contributed by atoms with E-state index in [4.69, 9.17) is 0 Å². The Morgan fingerprint density at radius 2 is 2.10 bits per heavy atom. The zero-order valence-electron chi connectivity index (χ0n) is 17.8. The van der Waals surface area contributed by atoms with Crippen LogP contribution in [0.4, 0.5) is 0 Å². The number of thiophene rings is 1.